The molecule has 1 aromatic carbocycles. The monoisotopic (exact) mass is 249 g/mol. The van der Waals surface area contributed by atoms with Gasteiger partial charge in [0.1, 0.15) is 0 Å². The molecule has 0 aromatic heterocycles. The van der Waals surface area contributed by atoms with Crippen molar-refractivity contribution in [1.29, 1.82) is 0 Å². The minimum atomic E-state index is -0.765. The summed E-state index contributed by atoms with van der Waals surface area (Å²) in [4.78, 5) is 12.9. The quantitative estimate of drug-likeness (QED) is 0.842. The van der Waals surface area contributed by atoms with Crippen LogP contribution < -0.4 is 0 Å². The van der Waals surface area contributed by atoms with E-state index in [-0.39, 0.29) is 12.6 Å². The smallest absolute Gasteiger partial charge is 0.317 e. The minimum absolute atomic E-state index is 0.0991. The van der Waals surface area contributed by atoms with Crippen molar-refractivity contribution in [3.8, 4) is 0 Å². The van der Waals surface area contributed by atoms with Crippen molar-refractivity contribution in [1.82, 2.24) is 4.90 Å². The molecule has 1 rings (SSSR count). The van der Waals surface area contributed by atoms with Crippen molar-refractivity contribution in [3.63, 3.8) is 0 Å². The molecule has 0 amide bonds. The molecule has 18 heavy (non-hydrogen) atoms. The van der Waals surface area contributed by atoms with E-state index < -0.39 is 5.97 Å². The van der Waals surface area contributed by atoms with Crippen molar-refractivity contribution >= 4 is 5.97 Å². The first kappa shape index (κ1) is 14.7. The lowest BCUT2D eigenvalue weighted by atomic mass is 10.1. The standard InChI is InChI=1S/C15H23NO2/c1-5-13(4)16(10-15(17)18)9-14-7-6-11(2)12(3)8-14/h6-8,13H,5,9-10H2,1-4H3,(H,17,18). The lowest BCUT2D eigenvalue weighted by Gasteiger charge is -2.26. The molecule has 0 heterocycles. The van der Waals surface area contributed by atoms with Crippen LogP contribution in [0.3, 0.4) is 0 Å². The highest BCUT2D eigenvalue weighted by molar-refractivity contribution is 5.69. The molecule has 1 unspecified atom stereocenters. The summed E-state index contributed by atoms with van der Waals surface area (Å²) in [5, 5.41) is 8.96. The number of hydrogen-bond donors (Lipinski definition) is 1. The normalized spacial score (nSPS) is 12.7. The average Bonchev–Trinajstić information content (AvgIpc) is 2.31. The first-order valence-electron chi connectivity index (χ1n) is 6.46. The molecule has 0 aliphatic carbocycles. The Bertz CT molecular complexity index is 415. The Labute approximate surface area is 109 Å². The maximum atomic E-state index is 10.9. The van der Waals surface area contributed by atoms with Crippen molar-refractivity contribution in [3.05, 3.63) is 34.9 Å². The topological polar surface area (TPSA) is 40.5 Å². The predicted molar refractivity (Wildman–Crippen MR) is 73.7 cm³/mol. The van der Waals surface area contributed by atoms with E-state index in [4.69, 9.17) is 5.11 Å². The number of hydrogen-bond acceptors (Lipinski definition) is 2. The highest BCUT2D eigenvalue weighted by atomic mass is 16.4. The molecule has 0 radical (unpaired) electrons. The van der Waals surface area contributed by atoms with E-state index in [0.717, 1.165) is 6.42 Å². The molecule has 0 saturated carbocycles. The maximum Gasteiger partial charge on any atom is 0.317 e. The number of carboxylic acids is 1. The summed E-state index contributed by atoms with van der Waals surface area (Å²) in [6, 6.07) is 6.61. The summed E-state index contributed by atoms with van der Waals surface area (Å²) >= 11 is 0. The van der Waals surface area contributed by atoms with Crippen LogP contribution in [0.1, 0.15) is 37.0 Å². The first-order chi connectivity index (χ1) is 8.43. The van der Waals surface area contributed by atoms with Crippen LogP contribution in [0.4, 0.5) is 0 Å². The van der Waals surface area contributed by atoms with Gasteiger partial charge in [0, 0.05) is 12.6 Å². The van der Waals surface area contributed by atoms with Gasteiger partial charge in [-0.2, -0.15) is 0 Å². The molecule has 3 nitrogen and oxygen atoms in total. The number of nitrogens with zero attached hydrogens (tertiary/aromatic N) is 1. The van der Waals surface area contributed by atoms with Gasteiger partial charge in [0.15, 0.2) is 0 Å². The molecule has 0 aliphatic rings. The SMILES string of the molecule is CCC(C)N(CC(=O)O)Cc1ccc(C)c(C)c1. The molecule has 0 spiro atoms. The van der Waals surface area contributed by atoms with Gasteiger partial charge < -0.3 is 5.11 Å². The number of carboxylic acid groups (broad SMARTS) is 1. The second kappa shape index (κ2) is 6.55. The molecule has 1 atom stereocenters. The molecule has 0 bridgehead atoms. The zero-order valence-electron chi connectivity index (χ0n) is 11.7. The van der Waals surface area contributed by atoms with Crippen LogP contribution in [0.15, 0.2) is 18.2 Å². The molecule has 0 aliphatic heterocycles. The number of carbonyl (C=O) groups is 1. The van der Waals surface area contributed by atoms with Crippen molar-refractivity contribution in [2.24, 2.45) is 0 Å². The lowest BCUT2D eigenvalue weighted by molar-refractivity contribution is -0.139. The van der Waals surface area contributed by atoms with Crippen molar-refractivity contribution < 1.29 is 9.90 Å². The molecule has 100 valence electrons. The minimum Gasteiger partial charge on any atom is -0.480 e. The number of benzene rings is 1. The Morgan fingerprint density at radius 1 is 1.33 bits per heavy atom. The van der Waals surface area contributed by atoms with Crippen LogP contribution in [-0.4, -0.2) is 28.6 Å². The summed E-state index contributed by atoms with van der Waals surface area (Å²) in [6.45, 7) is 9.13. The highest BCUT2D eigenvalue weighted by Gasteiger charge is 2.15. The molecule has 0 fully saturated rings. The van der Waals surface area contributed by atoms with Gasteiger partial charge in [0.05, 0.1) is 6.54 Å². The summed E-state index contributed by atoms with van der Waals surface area (Å²) in [5.41, 5.74) is 3.71. The second-order valence-electron chi connectivity index (χ2n) is 4.97. The van der Waals surface area contributed by atoms with Crippen LogP contribution in [0.2, 0.25) is 0 Å². The fourth-order valence-corrected chi connectivity index (χ4v) is 1.94. The van der Waals surface area contributed by atoms with Gasteiger partial charge >= 0.3 is 5.97 Å². The van der Waals surface area contributed by atoms with Crippen LogP contribution in [0.5, 0.6) is 0 Å². The summed E-state index contributed by atoms with van der Waals surface area (Å²) in [6.07, 6.45) is 0.956. The third kappa shape index (κ3) is 4.15. The van der Waals surface area contributed by atoms with E-state index >= 15 is 0 Å². The Hall–Kier alpha value is -1.35. The lowest BCUT2D eigenvalue weighted by Crippen LogP contribution is -2.36. The Morgan fingerprint density at radius 2 is 2.00 bits per heavy atom. The molecular formula is C15H23NO2. The maximum absolute atomic E-state index is 10.9. The third-order valence-electron chi connectivity index (χ3n) is 3.51. The molecule has 1 aromatic rings. The van der Waals surface area contributed by atoms with E-state index in [2.05, 4.69) is 45.9 Å². The zero-order valence-corrected chi connectivity index (χ0v) is 11.7. The largest absolute Gasteiger partial charge is 0.480 e. The van der Waals surface area contributed by atoms with Gasteiger partial charge in [-0.05, 0) is 43.9 Å². The van der Waals surface area contributed by atoms with E-state index in [9.17, 15) is 4.79 Å². The number of rotatable bonds is 6. The molecule has 1 N–H and O–H groups in total. The van der Waals surface area contributed by atoms with Crippen LogP contribution in [-0.2, 0) is 11.3 Å². The summed E-state index contributed by atoms with van der Waals surface area (Å²) in [5.74, 6) is -0.765. The first-order valence-corrected chi connectivity index (χ1v) is 6.46. The predicted octanol–water partition coefficient (Wildman–Crippen LogP) is 2.99. The molecule has 0 saturated heterocycles. The van der Waals surface area contributed by atoms with E-state index in [1.165, 1.54) is 16.7 Å². The van der Waals surface area contributed by atoms with Gasteiger partial charge in [-0.15, -0.1) is 0 Å². The van der Waals surface area contributed by atoms with E-state index in [1.54, 1.807) is 0 Å². The molecule has 3 heteroatoms. The van der Waals surface area contributed by atoms with Gasteiger partial charge in [0.25, 0.3) is 0 Å². The Balaban J connectivity index is 2.81. The van der Waals surface area contributed by atoms with E-state index in [1.807, 2.05) is 4.90 Å². The fourth-order valence-electron chi connectivity index (χ4n) is 1.94. The number of aryl methyl sites for hydroxylation is 2. The van der Waals surface area contributed by atoms with Crippen molar-refractivity contribution in [2.45, 2.75) is 46.7 Å². The van der Waals surface area contributed by atoms with E-state index in [0.29, 0.717) is 6.54 Å². The van der Waals surface area contributed by atoms with Crippen LogP contribution in [0, 0.1) is 13.8 Å². The van der Waals surface area contributed by atoms with Gasteiger partial charge in [-0.1, -0.05) is 25.1 Å². The van der Waals surface area contributed by atoms with Gasteiger partial charge in [-0.25, -0.2) is 0 Å². The van der Waals surface area contributed by atoms with Crippen LogP contribution >= 0.6 is 0 Å². The Morgan fingerprint density at radius 3 is 2.50 bits per heavy atom. The van der Waals surface area contributed by atoms with Gasteiger partial charge in [-0.3, -0.25) is 9.69 Å². The second-order valence-corrected chi connectivity index (χ2v) is 4.97. The fraction of sp³-hybridized carbons (Fsp3) is 0.533. The summed E-state index contributed by atoms with van der Waals surface area (Å²) < 4.78 is 0. The van der Waals surface area contributed by atoms with Crippen LogP contribution in [0.25, 0.3) is 0 Å². The average molecular weight is 249 g/mol. The third-order valence-corrected chi connectivity index (χ3v) is 3.51. The highest BCUT2D eigenvalue weighted by Crippen LogP contribution is 2.14. The van der Waals surface area contributed by atoms with Crippen molar-refractivity contribution in [2.75, 3.05) is 6.54 Å². The summed E-state index contributed by atoms with van der Waals surface area (Å²) in [7, 11) is 0. The molecular weight excluding hydrogens is 226 g/mol. The zero-order chi connectivity index (χ0) is 13.7. The van der Waals surface area contributed by atoms with Gasteiger partial charge in [0.2, 0.25) is 0 Å². The Kier molecular flexibility index (Phi) is 5.35. The number of aliphatic carboxylic acids is 1.